The van der Waals surface area contributed by atoms with E-state index < -0.39 is 0 Å². The van der Waals surface area contributed by atoms with E-state index in [2.05, 4.69) is 277 Å². The molecule has 0 aliphatic heterocycles. The van der Waals surface area contributed by atoms with Crippen molar-refractivity contribution in [3.05, 3.63) is 260 Å². The molecule has 0 fully saturated rings. The molecule has 0 unspecified atom stereocenters. The highest BCUT2D eigenvalue weighted by Crippen LogP contribution is 2.51. The highest BCUT2D eigenvalue weighted by atomic mass is 16.3. The summed E-state index contributed by atoms with van der Waals surface area (Å²) in [6.07, 6.45) is 0. The Labute approximate surface area is 422 Å². The zero-order valence-corrected chi connectivity index (χ0v) is 40.4. The molecule has 0 amide bonds. The van der Waals surface area contributed by atoms with Crippen LogP contribution in [0.2, 0.25) is 0 Å². The summed E-state index contributed by atoms with van der Waals surface area (Å²) in [6, 6.07) is 90.6. The third-order valence-corrected chi connectivity index (χ3v) is 15.7. The summed E-state index contributed by atoms with van der Waals surface area (Å²) >= 11 is 0. The van der Waals surface area contributed by atoms with Crippen LogP contribution in [0.4, 0.5) is 17.1 Å². The molecule has 0 saturated heterocycles. The SMILES string of the molecule is CC1(C)c2ccccc2-c2ccc(N(c3ccc(-c4ccccc4)cc3)c3ccc(-c4cccc5c4oc4c(-n6c7ccccc7c7ccc8c9ccccc9n(-c9ccccc9)c8c76)cccc45)cc3)cc21. The molecule has 1 aliphatic carbocycles. The smallest absolute Gasteiger partial charge is 0.159 e. The minimum absolute atomic E-state index is 0.129. The van der Waals surface area contributed by atoms with Crippen LogP contribution in [0.1, 0.15) is 25.0 Å². The van der Waals surface area contributed by atoms with E-state index in [1.54, 1.807) is 0 Å². The van der Waals surface area contributed by atoms with Crippen molar-refractivity contribution in [2.45, 2.75) is 19.3 Å². The summed E-state index contributed by atoms with van der Waals surface area (Å²) in [5.41, 5.74) is 21.5. The molecule has 4 nitrogen and oxygen atoms in total. The average molecular weight is 934 g/mol. The van der Waals surface area contributed by atoms with E-state index in [1.807, 2.05) is 0 Å². The van der Waals surface area contributed by atoms with Gasteiger partial charge in [-0.05, 0) is 106 Å². The molecule has 3 aromatic heterocycles. The van der Waals surface area contributed by atoms with Crippen LogP contribution >= 0.6 is 0 Å². The zero-order valence-electron chi connectivity index (χ0n) is 40.4. The van der Waals surface area contributed by atoms with Gasteiger partial charge < -0.3 is 18.5 Å². The molecule has 0 saturated carbocycles. The molecule has 0 spiro atoms. The summed E-state index contributed by atoms with van der Waals surface area (Å²) in [7, 11) is 0. The molecule has 11 aromatic carbocycles. The summed E-state index contributed by atoms with van der Waals surface area (Å²) in [5.74, 6) is 0. The molecule has 15 rings (SSSR count). The maximum atomic E-state index is 7.29. The Morgan fingerprint density at radius 2 is 0.849 bits per heavy atom. The van der Waals surface area contributed by atoms with Crippen LogP contribution in [-0.2, 0) is 5.41 Å². The van der Waals surface area contributed by atoms with Crippen molar-refractivity contribution in [2.75, 3.05) is 4.90 Å². The molecule has 0 N–H and O–H groups in total. The van der Waals surface area contributed by atoms with Crippen molar-refractivity contribution in [1.29, 1.82) is 0 Å². The molecule has 344 valence electrons. The first-order valence-corrected chi connectivity index (χ1v) is 25.3. The van der Waals surface area contributed by atoms with Crippen LogP contribution in [0, 0.1) is 0 Å². The van der Waals surface area contributed by atoms with Gasteiger partial charge in [-0.2, -0.15) is 0 Å². The van der Waals surface area contributed by atoms with E-state index in [1.165, 1.54) is 66.0 Å². The molecule has 14 aromatic rings. The van der Waals surface area contributed by atoms with E-state index in [-0.39, 0.29) is 5.41 Å². The summed E-state index contributed by atoms with van der Waals surface area (Å²) < 4.78 is 12.2. The van der Waals surface area contributed by atoms with Gasteiger partial charge in [0.05, 0.1) is 27.8 Å². The largest absolute Gasteiger partial charge is 0.453 e. The minimum Gasteiger partial charge on any atom is -0.453 e. The van der Waals surface area contributed by atoms with Crippen LogP contribution in [0.25, 0.3) is 110 Å². The van der Waals surface area contributed by atoms with Crippen molar-refractivity contribution in [2.24, 2.45) is 0 Å². The van der Waals surface area contributed by atoms with E-state index >= 15 is 0 Å². The van der Waals surface area contributed by atoms with Crippen LogP contribution in [-0.4, -0.2) is 9.13 Å². The summed E-state index contributed by atoms with van der Waals surface area (Å²) in [6.45, 7) is 4.70. The fourth-order valence-corrected chi connectivity index (χ4v) is 12.3. The van der Waals surface area contributed by atoms with E-state index in [9.17, 15) is 0 Å². The third kappa shape index (κ3) is 6.14. The van der Waals surface area contributed by atoms with Crippen LogP contribution in [0.15, 0.2) is 253 Å². The molecule has 1 aliphatic rings. The van der Waals surface area contributed by atoms with Gasteiger partial charge in [-0.3, -0.25) is 0 Å². The Hall–Kier alpha value is -9.38. The molecule has 0 bridgehead atoms. The number of para-hydroxylation sites is 5. The lowest BCUT2D eigenvalue weighted by atomic mass is 9.82. The molecule has 4 heteroatoms. The predicted octanol–water partition coefficient (Wildman–Crippen LogP) is 18.9. The number of fused-ring (bicyclic) bond motifs is 13. The van der Waals surface area contributed by atoms with Crippen LogP contribution in [0.3, 0.4) is 0 Å². The van der Waals surface area contributed by atoms with Gasteiger partial charge in [-0.1, -0.05) is 196 Å². The highest BCUT2D eigenvalue weighted by Gasteiger charge is 2.36. The van der Waals surface area contributed by atoms with Gasteiger partial charge in [0.2, 0.25) is 0 Å². The number of furan rings is 1. The Balaban J connectivity index is 0.889. The zero-order chi connectivity index (χ0) is 48.4. The Morgan fingerprint density at radius 3 is 1.56 bits per heavy atom. The van der Waals surface area contributed by atoms with Gasteiger partial charge in [0.25, 0.3) is 0 Å². The second kappa shape index (κ2) is 15.8. The first kappa shape index (κ1) is 41.4. The lowest BCUT2D eigenvalue weighted by Crippen LogP contribution is -2.16. The van der Waals surface area contributed by atoms with Gasteiger partial charge in [0.15, 0.2) is 5.58 Å². The second-order valence-electron chi connectivity index (χ2n) is 20.0. The van der Waals surface area contributed by atoms with Crippen LogP contribution in [0.5, 0.6) is 0 Å². The van der Waals surface area contributed by atoms with E-state index in [0.29, 0.717) is 0 Å². The van der Waals surface area contributed by atoms with Gasteiger partial charge in [0.1, 0.15) is 5.58 Å². The number of aromatic nitrogens is 2. The fourth-order valence-electron chi connectivity index (χ4n) is 12.3. The van der Waals surface area contributed by atoms with Gasteiger partial charge in [0, 0.05) is 66.0 Å². The standard InChI is InChI=1S/C69H47N3O/c1-69(2)60-27-12-9-21-52(60)53-40-39-50(43-61(53)69)70(48-35-31-45(32-36-48)44-17-5-3-6-18-44)49-37-33-46(34-38-49)51-24-15-25-58-59-26-16-30-64(68(59)73-67(51)58)72-63-29-14-11-23-55(63)57-42-41-56-54-22-10-13-28-62(54)71(65(56)66(57)72)47-19-7-4-8-20-47/h3-43H,1-2H3. The van der Waals surface area contributed by atoms with Crippen molar-refractivity contribution in [3.63, 3.8) is 0 Å². The number of benzene rings is 11. The monoisotopic (exact) mass is 933 g/mol. The van der Waals surface area contributed by atoms with E-state index in [4.69, 9.17) is 4.42 Å². The minimum atomic E-state index is -0.129. The van der Waals surface area contributed by atoms with Crippen LogP contribution < -0.4 is 4.90 Å². The first-order chi connectivity index (χ1) is 36.0. The van der Waals surface area contributed by atoms with Crippen molar-refractivity contribution >= 4 is 82.6 Å². The third-order valence-electron chi connectivity index (χ3n) is 15.7. The number of nitrogens with zero attached hydrogens (tertiary/aromatic N) is 3. The summed E-state index contributed by atoms with van der Waals surface area (Å²) in [5, 5.41) is 7.01. The molecule has 3 heterocycles. The quantitative estimate of drug-likeness (QED) is 0.159. The highest BCUT2D eigenvalue weighted by molar-refractivity contribution is 6.24. The van der Waals surface area contributed by atoms with Crippen molar-refractivity contribution < 1.29 is 4.42 Å². The Morgan fingerprint density at radius 1 is 0.342 bits per heavy atom. The number of rotatable bonds is 7. The summed E-state index contributed by atoms with van der Waals surface area (Å²) in [4.78, 5) is 2.39. The van der Waals surface area contributed by atoms with Crippen molar-refractivity contribution in [1.82, 2.24) is 9.13 Å². The molecular formula is C69H47N3O. The average Bonchev–Trinajstić information content (AvgIpc) is 4.18. The van der Waals surface area contributed by atoms with Crippen molar-refractivity contribution in [3.8, 4) is 44.8 Å². The maximum Gasteiger partial charge on any atom is 0.159 e. The van der Waals surface area contributed by atoms with Gasteiger partial charge >= 0.3 is 0 Å². The maximum absolute atomic E-state index is 7.29. The number of hydrogen-bond donors (Lipinski definition) is 0. The molecule has 0 atom stereocenters. The lowest BCUT2D eigenvalue weighted by Gasteiger charge is -2.28. The first-order valence-electron chi connectivity index (χ1n) is 25.3. The van der Waals surface area contributed by atoms with Gasteiger partial charge in [-0.15, -0.1) is 0 Å². The fraction of sp³-hybridized carbons (Fsp3) is 0.0435. The molecule has 0 radical (unpaired) electrons. The predicted molar refractivity (Wildman–Crippen MR) is 306 cm³/mol. The second-order valence-corrected chi connectivity index (χ2v) is 20.0. The molecule has 73 heavy (non-hydrogen) atoms. The number of hydrogen-bond acceptors (Lipinski definition) is 2. The normalized spacial score (nSPS) is 12.9. The molecular weight excluding hydrogens is 887 g/mol. The van der Waals surface area contributed by atoms with Gasteiger partial charge in [-0.25, -0.2) is 0 Å². The Bertz CT molecular complexity index is 4500. The topological polar surface area (TPSA) is 26.2 Å². The van der Waals surface area contributed by atoms with E-state index in [0.717, 1.165) is 72.5 Å². The Kier molecular flexibility index (Phi) is 8.97. The number of anilines is 3. The lowest BCUT2D eigenvalue weighted by molar-refractivity contribution is 0.660.